The van der Waals surface area contributed by atoms with Crippen LogP contribution >= 0.6 is 0 Å². The number of β-amino-alcohol motifs (C(OH)–C–C–N with tert-alkyl or cyclic N) is 1. The second kappa shape index (κ2) is 17.2. The van der Waals surface area contributed by atoms with Crippen LogP contribution < -0.4 is 10.1 Å². The second-order valence-electron chi connectivity index (χ2n) is 12.6. The minimum absolute atomic E-state index is 0.0246. The van der Waals surface area contributed by atoms with Gasteiger partial charge in [0, 0.05) is 43.7 Å². The summed E-state index contributed by atoms with van der Waals surface area (Å²) in [6.45, 7) is 1.10. The lowest BCUT2D eigenvalue weighted by atomic mass is 9.95. The predicted octanol–water partition coefficient (Wildman–Crippen LogP) is 4.68. The second-order valence-corrected chi connectivity index (χ2v) is 14.5. The average Bonchev–Trinajstić information content (AvgIpc) is 3.54. The molecule has 2 aromatic carbocycles. The molecule has 2 aromatic rings. The molecule has 1 amide bonds. The molecule has 266 valence electrons. The molecule has 3 heterocycles. The molecule has 0 aromatic heterocycles. The van der Waals surface area contributed by atoms with Crippen LogP contribution in [0.3, 0.4) is 0 Å². The van der Waals surface area contributed by atoms with Crippen molar-refractivity contribution in [2.24, 2.45) is 5.92 Å². The zero-order chi connectivity index (χ0) is 34.1. The van der Waals surface area contributed by atoms with Gasteiger partial charge in [-0.05, 0) is 61.6 Å². The Bertz CT molecular complexity index is 1460. The molecular weight excluding hydrogens is 650 g/mol. The number of aliphatic hydroxyl groups is 1. The van der Waals surface area contributed by atoms with Gasteiger partial charge in [-0.3, -0.25) is 0 Å². The number of carbonyl (C=O) groups excluding carboxylic acids is 1. The summed E-state index contributed by atoms with van der Waals surface area (Å²) >= 11 is 0. The molecule has 2 saturated heterocycles. The Labute approximate surface area is 280 Å². The monoisotopic (exact) mass is 696 g/mol. The Kier molecular flexibility index (Phi) is 13.0. The standard InChI is InChI=1S/C34H46F2N2O9S/c1-43-27-8-9-32-24(19-27)22-44-13-7-5-3-2-4-6-12-38(48(32,41)42)21-30(39)29(18-23-16-25(35)20-26(36)17-23)37-34(40)47-31-11-15-46-33-28(31)10-14-45-33/h8-9,16-17,19-20,28-31,33,39H,2-7,10-15,18,21-22H2,1H3,(H,37,40)/t28-,29-,30+,31-,33+/m0/s1. The Morgan fingerprint density at radius 3 is 2.46 bits per heavy atom. The van der Waals surface area contributed by atoms with Crippen molar-refractivity contribution in [2.45, 2.75) is 93.8 Å². The molecule has 3 aliphatic rings. The summed E-state index contributed by atoms with van der Waals surface area (Å²) in [5.74, 6) is -1.30. The molecule has 3 aliphatic heterocycles. The Balaban J connectivity index is 1.40. The third-order valence-electron chi connectivity index (χ3n) is 9.13. The van der Waals surface area contributed by atoms with Gasteiger partial charge in [-0.1, -0.05) is 25.7 Å². The number of sulfonamides is 1. The lowest BCUT2D eigenvalue weighted by Crippen LogP contribution is -2.52. The maximum atomic E-state index is 14.3. The molecule has 14 heteroatoms. The van der Waals surface area contributed by atoms with Crippen LogP contribution in [0.25, 0.3) is 0 Å². The summed E-state index contributed by atoms with van der Waals surface area (Å²) in [7, 11) is -2.69. The van der Waals surface area contributed by atoms with E-state index in [4.69, 9.17) is 23.7 Å². The van der Waals surface area contributed by atoms with E-state index in [0.717, 1.165) is 50.3 Å². The van der Waals surface area contributed by atoms with E-state index >= 15 is 0 Å². The van der Waals surface area contributed by atoms with Crippen molar-refractivity contribution in [2.75, 3.05) is 40.0 Å². The molecule has 5 rings (SSSR count). The molecule has 0 aliphatic carbocycles. The van der Waals surface area contributed by atoms with Crippen molar-refractivity contribution in [3.63, 3.8) is 0 Å². The molecule has 5 atom stereocenters. The predicted molar refractivity (Wildman–Crippen MR) is 171 cm³/mol. The normalized spacial score (nSPS) is 25.1. The lowest BCUT2D eigenvalue weighted by Gasteiger charge is -2.33. The number of nitrogens with zero attached hydrogens (tertiary/aromatic N) is 1. The van der Waals surface area contributed by atoms with Gasteiger partial charge in [0.15, 0.2) is 6.29 Å². The molecule has 0 unspecified atom stereocenters. The highest BCUT2D eigenvalue weighted by molar-refractivity contribution is 7.89. The number of hydrogen-bond donors (Lipinski definition) is 2. The summed E-state index contributed by atoms with van der Waals surface area (Å²) < 4.78 is 86.2. The van der Waals surface area contributed by atoms with Crippen LogP contribution in [0.2, 0.25) is 0 Å². The molecule has 0 bridgehead atoms. The van der Waals surface area contributed by atoms with Gasteiger partial charge in [-0.15, -0.1) is 0 Å². The number of hydrogen-bond acceptors (Lipinski definition) is 9. The van der Waals surface area contributed by atoms with Crippen LogP contribution in [0.4, 0.5) is 13.6 Å². The number of nitrogens with one attached hydrogen (secondary N) is 1. The van der Waals surface area contributed by atoms with Crippen LogP contribution in [0.5, 0.6) is 5.75 Å². The molecule has 0 saturated carbocycles. The summed E-state index contributed by atoms with van der Waals surface area (Å²) in [4.78, 5) is 13.3. The Morgan fingerprint density at radius 2 is 1.71 bits per heavy atom. The zero-order valence-electron chi connectivity index (χ0n) is 27.3. The molecule has 0 spiro atoms. The van der Waals surface area contributed by atoms with E-state index in [1.807, 2.05) is 0 Å². The molecule has 2 fully saturated rings. The van der Waals surface area contributed by atoms with Gasteiger partial charge >= 0.3 is 6.09 Å². The van der Waals surface area contributed by atoms with Crippen LogP contribution in [0.15, 0.2) is 41.3 Å². The van der Waals surface area contributed by atoms with E-state index in [1.165, 1.54) is 17.5 Å². The summed E-state index contributed by atoms with van der Waals surface area (Å²) in [5.41, 5.74) is 0.593. The summed E-state index contributed by atoms with van der Waals surface area (Å²) in [6, 6.07) is 6.44. The van der Waals surface area contributed by atoms with Crippen LogP contribution in [-0.4, -0.2) is 88.5 Å². The maximum Gasteiger partial charge on any atom is 0.407 e. The number of carbonyl (C=O) groups is 1. The van der Waals surface area contributed by atoms with Crippen LogP contribution in [0, 0.1) is 17.6 Å². The quantitative estimate of drug-likeness (QED) is 0.404. The third-order valence-corrected chi connectivity index (χ3v) is 11.1. The lowest BCUT2D eigenvalue weighted by molar-refractivity contribution is -0.179. The van der Waals surface area contributed by atoms with E-state index in [0.29, 0.717) is 50.4 Å². The van der Waals surface area contributed by atoms with Crippen molar-refractivity contribution in [3.8, 4) is 5.75 Å². The van der Waals surface area contributed by atoms with Gasteiger partial charge in [0.25, 0.3) is 0 Å². The summed E-state index contributed by atoms with van der Waals surface area (Å²) in [5, 5.41) is 14.3. The van der Waals surface area contributed by atoms with Gasteiger partial charge in [-0.25, -0.2) is 22.0 Å². The maximum absolute atomic E-state index is 14.3. The molecular formula is C34H46F2N2O9S. The fraction of sp³-hybridized carbons (Fsp3) is 0.618. The molecule has 2 N–H and O–H groups in total. The van der Waals surface area contributed by atoms with Gasteiger partial charge in [0.2, 0.25) is 10.0 Å². The Morgan fingerprint density at radius 1 is 1.00 bits per heavy atom. The number of benzene rings is 2. The number of halogens is 2. The summed E-state index contributed by atoms with van der Waals surface area (Å²) in [6.07, 6.45) is 2.77. The fourth-order valence-corrected chi connectivity index (χ4v) is 8.26. The number of methoxy groups -OCH3 is 1. The van der Waals surface area contributed by atoms with E-state index in [-0.39, 0.29) is 35.9 Å². The van der Waals surface area contributed by atoms with Crippen molar-refractivity contribution >= 4 is 16.1 Å². The number of fused-ring (bicyclic) bond motifs is 2. The Hall–Kier alpha value is -2.88. The number of rotatable bonds is 8. The molecule has 0 radical (unpaired) electrons. The number of amides is 1. The van der Waals surface area contributed by atoms with Crippen molar-refractivity contribution in [1.82, 2.24) is 9.62 Å². The van der Waals surface area contributed by atoms with E-state index in [2.05, 4.69) is 5.32 Å². The SMILES string of the molecule is COc1ccc2c(c1)COCCCCCCCCN(C[C@@H](O)[C@H](Cc1cc(F)cc(F)c1)NC(=O)O[C@H]1CCO[C@H]3OCC[C@H]31)S2(=O)=O. The van der Waals surface area contributed by atoms with E-state index in [1.54, 1.807) is 12.1 Å². The number of ether oxygens (including phenoxy) is 5. The van der Waals surface area contributed by atoms with Crippen LogP contribution in [-0.2, 0) is 42.0 Å². The van der Waals surface area contributed by atoms with Crippen molar-refractivity contribution in [1.29, 1.82) is 0 Å². The minimum Gasteiger partial charge on any atom is -0.497 e. The highest BCUT2D eigenvalue weighted by Crippen LogP contribution is 2.33. The topological polar surface area (TPSA) is 133 Å². The number of alkyl carbamates (subject to hydrolysis) is 1. The highest BCUT2D eigenvalue weighted by Gasteiger charge is 2.41. The highest BCUT2D eigenvalue weighted by atomic mass is 32.2. The van der Waals surface area contributed by atoms with Crippen LogP contribution in [0.1, 0.15) is 62.5 Å². The van der Waals surface area contributed by atoms with Gasteiger partial charge in [0.05, 0.1) is 44.0 Å². The zero-order valence-corrected chi connectivity index (χ0v) is 28.1. The van der Waals surface area contributed by atoms with Crippen molar-refractivity contribution in [3.05, 3.63) is 59.2 Å². The average molecular weight is 697 g/mol. The minimum atomic E-state index is -4.19. The van der Waals surface area contributed by atoms with Gasteiger partial charge in [-0.2, -0.15) is 4.31 Å². The smallest absolute Gasteiger partial charge is 0.407 e. The largest absolute Gasteiger partial charge is 0.497 e. The third kappa shape index (κ3) is 9.63. The number of aliphatic hydroxyl groups excluding tert-OH is 1. The molecule has 11 nitrogen and oxygen atoms in total. The molecule has 48 heavy (non-hydrogen) atoms. The van der Waals surface area contributed by atoms with E-state index < -0.39 is 58.8 Å². The first-order valence-electron chi connectivity index (χ1n) is 16.7. The van der Waals surface area contributed by atoms with Crippen molar-refractivity contribution < 1.29 is 50.8 Å². The first kappa shape index (κ1) is 36.4. The fourth-order valence-electron chi connectivity index (χ4n) is 6.58. The first-order chi connectivity index (χ1) is 23.1. The van der Waals surface area contributed by atoms with Gasteiger partial charge < -0.3 is 34.1 Å². The van der Waals surface area contributed by atoms with E-state index in [9.17, 15) is 27.1 Å². The first-order valence-corrected chi connectivity index (χ1v) is 18.2. The van der Waals surface area contributed by atoms with Gasteiger partial charge in [0.1, 0.15) is 23.5 Å².